The third kappa shape index (κ3) is 9.39. The van der Waals surface area contributed by atoms with Crippen molar-refractivity contribution in [3.05, 3.63) is 59.7 Å². The molecule has 0 heterocycles. The number of amides is 2. The van der Waals surface area contributed by atoms with Gasteiger partial charge in [0.25, 0.3) is 0 Å². The Balaban J connectivity index is 2.18. The van der Waals surface area contributed by atoms with Crippen LogP contribution in [0.4, 0.5) is 5.69 Å². The number of hydrogen-bond donors (Lipinski definition) is 1. The number of anilines is 1. The molecule has 0 aliphatic carbocycles. The molecule has 0 saturated carbocycles. The largest absolute Gasteiger partial charge is 0.497 e. The number of ether oxygens (including phenoxy) is 1. The first-order valence-electron chi connectivity index (χ1n) is 12.8. The minimum atomic E-state index is -3.55. The molecule has 0 fully saturated rings. The summed E-state index contributed by atoms with van der Waals surface area (Å²) in [5.41, 5.74) is 2.56. The second kappa shape index (κ2) is 14.6. The van der Waals surface area contributed by atoms with Gasteiger partial charge in [-0.1, -0.05) is 50.1 Å². The van der Waals surface area contributed by atoms with Gasteiger partial charge in [0.2, 0.25) is 21.8 Å². The molecule has 0 aliphatic rings. The lowest BCUT2D eigenvalue weighted by atomic mass is 10.1. The van der Waals surface area contributed by atoms with Crippen LogP contribution in [0.5, 0.6) is 5.75 Å². The van der Waals surface area contributed by atoms with E-state index in [1.807, 2.05) is 38.1 Å². The lowest BCUT2D eigenvalue weighted by Gasteiger charge is -2.31. The zero-order valence-electron chi connectivity index (χ0n) is 22.7. The fourth-order valence-corrected chi connectivity index (χ4v) is 5.03. The molecule has 204 valence electrons. The van der Waals surface area contributed by atoms with Gasteiger partial charge in [-0.2, -0.15) is 0 Å². The van der Waals surface area contributed by atoms with Gasteiger partial charge in [-0.05, 0) is 56.0 Å². The Bertz CT molecular complexity index is 1100. The van der Waals surface area contributed by atoms with Crippen molar-refractivity contribution in [2.24, 2.45) is 0 Å². The molecule has 2 aromatic rings. The monoisotopic (exact) mass is 531 g/mol. The molecule has 0 radical (unpaired) electrons. The average Bonchev–Trinajstić information content (AvgIpc) is 2.87. The fourth-order valence-electron chi connectivity index (χ4n) is 4.07. The van der Waals surface area contributed by atoms with Gasteiger partial charge in [0, 0.05) is 26.1 Å². The summed E-state index contributed by atoms with van der Waals surface area (Å²) in [5.74, 6) is 0.288. The topological polar surface area (TPSA) is 96.0 Å². The van der Waals surface area contributed by atoms with Crippen molar-refractivity contribution >= 4 is 27.5 Å². The Morgan fingerprint density at radius 1 is 1.00 bits per heavy atom. The highest BCUT2D eigenvalue weighted by Gasteiger charge is 2.28. The normalized spacial score (nSPS) is 12.0. The van der Waals surface area contributed by atoms with Gasteiger partial charge >= 0.3 is 0 Å². The predicted molar refractivity (Wildman–Crippen MR) is 148 cm³/mol. The smallest absolute Gasteiger partial charge is 0.242 e. The van der Waals surface area contributed by atoms with Crippen LogP contribution in [-0.4, -0.2) is 57.6 Å². The van der Waals surface area contributed by atoms with Crippen LogP contribution < -0.4 is 14.4 Å². The van der Waals surface area contributed by atoms with Crippen LogP contribution in [-0.2, 0) is 26.2 Å². The molecular formula is C28H41N3O5S. The number of unbranched alkanes of at least 4 members (excludes halogenated alkanes) is 1. The second-order valence-corrected chi connectivity index (χ2v) is 11.1. The highest BCUT2D eigenvalue weighted by Crippen LogP contribution is 2.22. The molecule has 2 rings (SSSR count). The summed E-state index contributed by atoms with van der Waals surface area (Å²) >= 11 is 0. The number of carbonyl (C=O) groups excluding carboxylic acids is 2. The van der Waals surface area contributed by atoms with Gasteiger partial charge in [0.05, 0.1) is 19.1 Å². The standard InChI is InChI=1S/C28H41N3O5S/c1-6-8-19-29-28(33)26(7-2)30(21-23-13-11-22(3)12-14-23)27(32)10-9-20-31(37(5,34)35)24-15-17-25(36-4)18-16-24/h11-18,26H,6-10,19-21H2,1-5H3,(H,29,33). The Labute approximate surface area is 222 Å². The van der Waals surface area contributed by atoms with Crippen LogP contribution in [0, 0.1) is 6.92 Å². The predicted octanol–water partition coefficient (Wildman–Crippen LogP) is 4.27. The summed E-state index contributed by atoms with van der Waals surface area (Å²) in [6, 6.07) is 14.1. The minimum absolute atomic E-state index is 0.118. The summed E-state index contributed by atoms with van der Waals surface area (Å²) in [6.45, 7) is 6.99. The molecule has 9 heteroatoms. The van der Waals surface area contributed by atoms with Gasteiger partial charge in [-0.15, -0.1) is 0 Å². The van der Waals surface area contributed by atoms with Crippen molar-refractivity contribution in [1.29, 1.82) is 0 Å². The van der Waals surface area contributed by atoms with Crippen molar-refractivity contribution in [2.75, 3.05) is 30.8 Å². The van der Waals surface area contributed by atoms with Crippen molar-refractivity contribution in [3.63, 3.8) is 0 Å². The van der Waals surface area contributed by atoms with Crippen molar-refractivity contribution in [3.8, 4) is 5.75 Å². The Morgan fingerprint density at radius 2 is 1.65 bits per heavy atom. The second-order valence-electron chi connectivity index (χ2n) is 9.21. The number of nitrogens with zero attached hydrogens (tertiary/aromatic N) is 2. The summed E-state index contributed by atoms with van der Waals surface area (Å²) in [6.07, 6.45) is 3.91. The van der Waals surface area contributed by atoms with Gasteiger partial charge in [0.1, 0.15) is 11.8 Å². The highest BCUT2D eigenvalue weighted by molar-refractivity contribution is 7.92. The SMILES string of the molecule is CCCCNC(=O)C(CC)N(Cc1ccc(C)cc1)C(=O)CCCN(c1ccc(OC)cc1)S(C)(=O)=O. The molecule has 0 aliphatic heterocycles. The minimum Gasteiger partial charge on any atom is -0.497 e. The first-order chi connectivity index (χ1) is 17.6. The van der Waals surface area contributed by atoms with E-state index >= 15 is 0 Å². The molecule has 0 spiro atoms. The van der Waals surface area contributed by atoms with Crippen molar-refractivity contribution < 1.29 is 22.7 Å². The van der Waals surface area contributed by atoms with Crippen LogP contribution in [0.15, 0.2) is 48.5 Å². The maximum atomic E-state index is 13.5. The molecule has 37 heavy (non-hydrogen) atoms. The molecule has 1 unspecified atom stereocenters. The summed E-state index contributed by atoms with van der Waals surface area (Å²) in [4.78, 5) is 28.1. The summed E-state index contributed by atoms with van der Waals surface area (Å²) in [7, 11) is -2.01. The number of nitrogens with one attached hydrogen (secondary N) is 1. The number of rotatable bonds is 15. The highest BCUT2D eigenvalue weighted by atomic mass is 32.2. The maximum Gasteiger partial charge on any atom is 0.242 e. The zero-order chi connectivity index (χ0) is 27.4. The lowest BCUT2D eigenvalue weighted by molar-refractivity contribution is -0.141. The Kier molecular flexibility index (Phi) is 11.9. The molecule has 0 aromatic heterocycles. The molecule has 0 bridgehead atoms. The van der Waals surface area contributed by atoms with Crippen LogP contribution >= 0.6 is 0 Å². The number of carbonyl (C=O) groups is 2. The summed E-state index contributed by atoms with van der Waals surface area (Å²) < 4.78 is 31.4. The van der Waals surface area contributed by atoms with Crippen LogP contribution in [0.3, 0.4) is 0 Å². The van der Waals surface area contributed by atoms with Crippen LogP contribution in [0.25, 0.3) is 0 Å². The molecule has 0 saturated heterocycles. The van der Waals surface area contributed by atoms with Crippen molar-refractivity contribution in [2.45, 2.75) is 65.5 Å². The van der Waals surface area contributed by atoms with Gasteiger partial charge in [0.15, 0.2) is 0 Å². The Hall–Kier alpha value is -3.07. The molecule has 8 nitrogen and oxygen atoms in total. The number of methoxy groups -OCH3 is 1. The van der Waals surface area contributed by atoms with Gasteiger partial charge < -0.3 is 15.0 Å². The van der Waals surface area contributed by atoms with E-state index in [-0.39, 0.29) is 24.8 Å². The van der Waals surface area contributed by atoms with Gasteiger partial charge in [-0.25, -0.2) is 8.42 Å². The number of sulfonamides is 1. The van der Waals surface area contributed by atoms with E-state index in [4.69, 9.17) is 4.74 Å². The van der Waals surface area contributed by atoms with Crippen LogP contribution in [0.1, 0.15) is 57.1 Å². The summed E-state index contributed by atoms with van der Waals surface area (Å²) in [5, 5.41) is 2.96. The first kappa shape index (κ1) is 30.2. The van der Waals surface area contributed by atoms with E-state index in [9.17, 15) is 18.0 Å². The van der Waals surface area contributed by atoms with E-state index in [1.54, 1.807) is 36.3 Å². The van der Waals surface area contributed by atoms with E-state index < -0.39 is 16.1 Å². The molecule has 1 N–H and O–H groups in total. The third-order valence-electron chi connectivity index (χ3n) is 6.20. The first-order valence-corrected chi connectivity index (χ1v) is 14.7. The maximum absolute atomic E-state index is 13.5. The average molecular weight is 532 g/mol. The zero-order valence-corrected chi connectivity index (χ0v) is 23.5. The van der Waals surface area contributed by atoms with E-state index in [1.165, 1.54) is 4.31 Å². The lowest BCUT2D eigenvalue weighted by Crippen LogP contribution is -2.49. The van der Waals surface area contributed by atoms with E-state index in [2.05, 4.69) is 12.2 Å². The number of aryl methyl sites for hydroxylation is 1. The molecule has 2 amide bonds. The third-order valence-corrected chi connectivity index (χ3v) is 7.40. The van der Waals surface area contributed by atoms with E-state index in [0.29, 0.717) is 37.4 Å². The molecular weight excluding hydrogens is 490 g/mol. The molecule has 1 atom stereocenters. The van der Waals surface area contributed by atoms with Gasteiger partial charge in [-0.3, -0.25) is 13.9 Å². The molecule has 2 aromatic carbocycles. The van der Waals surface area contributed by atoms with E-state index in [0.717, 1.165) is 30.2 Å². The number of benzene rings is 2. The van der Waals surface area contributed by atoms with Crippen molar-refractivity contribution in [1.82, 2.24) is 10.2 Å². The fraction of sp³-hybridized carbons (Fsp3) is 0.500. The number of hydrogen-bond acceptors (Lipinski definition) is 5. The quantitative estimate of drug-likeness (QED) is 0.346. The van der Waals surface area contributed by atoms with Crippen LogP contribution in [0.2, 0.25) is 0 Å². The Morgan fingerprint density at radius 3 is 2.19 bits per heavy atom.